The van der Waals surface area contributed by atoms with Crippen LogP contribution in [-0.4, -0.2) is 24.7 Å². The van der Waals surface area contributed by atoms with Crippen LogP contribution in [0.15, 0.2) is 29.3 Å². The Kier molecular flexibility index (Phi) is 5.22. The van der Waals surface area contributed by atoms with Crippen molar-refractivity contribution in [2.75, 3.05) is 7.05 Å². The van der Waals surface area contributed by atoms with Gasteiger partial charge in [0.05, 0.1) is 15.9 Å². The molecule has 0 saturated carbocycles. The first-order valence-electron chi connectivity index (χ1n) is 6.75. The standard InChI is InChI=1S/C15H17F2NO2S/c1-3-5-11-13(19)12(14(18-2)21-11)9-6-4-7-10(8-9)20-15(16)17/h4,6-8,11,15,18H,3,5H2,1-2H3. The predicted molar refractivity (Wildman–Crippen MR) is 80.3 cm³/mol. The van der Waals surface area contributed by atoms with Crippen LogP contribution in [0.3, 0.4) is 0 Å². The van der Waals surface area contributed by atoms with Crippen molar-refractivity contribution < 1.29 is 18.3 Å². The van der Waals surface area contributed by atoms with Crippen LogP contribution in [0, 0.1) is 0 Å². The highest BCUT2D eigenvalue weighted by Crippen LogP contribution is 2.41. The van der Waals surface area contributed by atoms with E-state index in [9.17, 15) is 13.6 Å². The Morgan fingerprint density at radius 2 is 2.19 bits per heavy atom. The molecule has 3 nitrogen and oxygen atoms in total. The van der Waals surface area contributed by atoms with E-state index in [0.717, 1.165) is 17.9 Å². The fourth-order valence-electron chi connectivity index (χ4n) is 2.26. The van der Waals surface area contributed by atoms with Crippen LogP contribution in [0.4, 0.5) is 8.78 Å². The number of carbonyl (C=O) groups is 1. The molecule has 0 saturated heterocycles. The summed E-state index contributed by atoms with van der Waals surface area (Å²) in [5.41, 5.74) is 1.16. The van der Waals surface area contributed by atoms with Crippen LogP contribution in [0.2, 0.25) is 0 Å². The summed E-state index contributed by atoms with van der Waals surface area (Å²) >= 11 is 1.50. The maximum Gasteiger partial charge on any atom is 0.387 e. The Balaban J connectivity index is 2.32. The number of rotatable bonds is 6. The van der Waals surface area contributed by atoms with Crippen molar-refractivity contribution in [3.8, 4) is 5.75 Å². The third-order valence-corrected chi connectivity index (χ3v) is 4.53. The highest BCUT2D eigenvalue weighted by molar-refractivity contribution is 8.05. The number of Topliss-reactive ketones (excluding diaryl/α,β-unsaturated/α-hetero) is 1. The molecule has 0 fully saturated rings. The Morgan fingerprint density at radius 3 is 2.81 bits per heavy atom. The van der Waals surface area contributed by atoms with Gasteiger partial charge < -0.3 is 10.1 Å². The third kappa shape index (κ3) is 3.56. The van der Waals surface area contributed by atoms with Gasteiger partial charge in [0.1, 0.15) is 5.75 Å². The molecule has 0 aromatic heterocycles. The van der Waals surface area contributed by atoms with Crippen molar-refractivity contribution >= 4 is 23.1 Å². The predicted octanol–water partition coefficient (Wildman–Crippen LogP) is 3.66. The summed E-state index contributed by atoms with van der Waals surface area (Å²) in [5.74, 6) is 0.0996. The topological polar surface area (TPSA) is 38.3 Å². The quantitative estimate of drug-likeness (QED) is 0.870. The number of carbonyl (C=O) groups excluding carboxylic acids is 1. The fraction of sp³-hybridized carbons (Fsp3) is 0.400. The molecule has 1 aliphatic rings. The molecule has 1 heterocycles. The van der Waals surface area contributed by atoms with Gasteiger partial charge in [0.15, 0.2) is 5.78 Å². The molecule has 2 rings (SSSR count). The summed E-state index contributed by atoms with van der Waals surface area (Å²) in [6.07, 6.45) is 1.72. The molecule has 1 N–H and O–H groups in total. The zero-order valence-corrected chi connectivity index (χ0v) is 12.7. The van der Waals surface area contributed by atoms with Gasteiger partial charge in [-0.1, -0.05) is 37.2 Å². The lowest BCUT2D eigenvalue weighted by atomic mass is 9.99. The van der Waals surface area contributed by atoms with Gasteiger partial charge in [-0.15, -0.1) is 0 Å². The average Bonchev–Trinajstić information content (AvgIpc) is 2.75. The van der Waals surface area contributed by atoms with Crippen molar-refractivity contribution in [2.45, 2.75) is 31.6 Å². The van der Waals surface area contributed by atoms with Crippen LogP contribution in [0.5, 0.6) is 5.75 Å². The smallest absolute Gasteiger partial charge is 0.387 e. The van der Waals surface area contributed by atoms with Crippen LogP contribution < -0.4 is 10.1 Å². The molecule has 6 heteroatoms. The van der Waals surface area contributed by atoms with Gasteiger partial charge in [-0.2, -0.15) is 8.78 Å². The maximum absolute atomic E-state index is 12.5. The number of allylic oxidation sites excluding steroid dienone is 1. The zero-order chi connectivity index (χ0) is 15.4. The number of nitrogens with one attached hydrogen (secondary N) is 1. The van der Waals surface area contributed by atoms with Crippen molar-refractivity contribution in [1.82, 2.24) is 5.32 Å². The normalized spacial score (nSPS) is 18.5. The van der Waals surface area contributed by atoms with E-state index in [2.05, 4.69) is 10.1 Å². The van der Waals surface area contributed by atoms with E-state index in [1.807, 2.05) is 6.92 Å². The van der Waals surface area contributed by atoms with E-state index < -0.39 is 6.61 Å². The Bertz CT molecular complexity index is 560. The second-order valence-electron chi connectivity index (χ2n) is 4.62. The number of ketones is 1. The van der Waals surface area contributed by atoms with Gasteiger partial charge in [-0.3, -0.25) is 4.79 Å². The lowest BCUT2D eigenvalue weighted by Crippen LogP contribution is -2.13. The molecular formula is C15H17F2NO2S. The Morgan fingerprint density at radius 1 is 1.43 bits per heavy atom. The van der Waals surface area contributed by atoms with E-state index in [1.165, 1.54) is 23.9 Å². The Hall–Kier alpha value is -1.56. The van der Waals surface area contributed by atoms with Gasteiger partial charge in [0, 0.05) is 7.05 Å². The number of halogens is 2. The van der Waals surface area contributed by atoms with Crippen LogP contribution in [0.1, 0.15) is 25.3 Å². The molecule has 114 valence electrons. The number of benzene rings is 1. The van der Waals surface area contributed by atoms with Gasteiger partial charge >= 0.3 is 6.61 Å². The molecule has 0 spiro atoms. The highest BCUT2D eigenvalue weighted by Gasteiger charge is 2.33. The van der Waals surface area contributed by atoms with Gasteiger partial charge in [-0.05, 0) is 24.1 Å². The van der Waals surface area contributed by atoms with Crippen LogP contribution >= 0.6 is 11.8 Å². The highest BCUT2D eigenvalue weighted by atomic mass is 32.2. The third-order valence-electron chi connectivity index (χ3n) is 3.15. The lowest BCUT2D eigenvalue weighted by molar-refractivity contribution is -0.113. The molecule has 21 heavy (non-hydrogen) atoms. The first-order valence-corrected chi connectivity index (χ1v) is 7.63. The molecule has 1 aromatic rings. The molecule has 1 aromatic carbocycles. The van der Waals surface area contributed by atoms with E-state index in [4.69, 9.17) is 0 Å². The van der Waals surface area contributed by atoms with Crippen LogP contribution in [0.25, 0.3) is 5.57 Å². The van der Waals surface area contributed by atoms with E-state index in [-0.39, 0.29) is 16.8 Å². The minimum absolute atomic E-state index is 0.0420. The summed E-state index contributed by atoms with van der Waals surface area (Å²) in [5, 5.41) is 3.70. The number of thioether (sulfide) groups is 1. The summed E-state index contributed by atoms with van der Waals surface area (Å²) in [6.45, 7) is -0.846. The number of alkyl halides is 2. The van der Waals surface area contributed by atoms with Crippen molar-refractivity contribution in [2.24, 2.45) is 0 Å². The molecule has 1 unspecified atom stereocenters. The molecule has 0 aliphatic carbocycles. The van der Waals surface area contributed by atoms with Gasteiger partial charge in [0.25, 0.3) is 0 Å². The van der Waals surface area contributed by atoms with E-state index in [1.54, 1.807) is 19.2 Å². The molecule has 1 aliphatic heterocycles. The van der Waals surface area contributed by atoms with Crippen molar-refractivity contribution in [1.29, 1.82) is 0 Å². The number of ether oxygens (including phenoxy) is 1. The molecule has 1 atom stereocenters. The molecule has 0 amide bonds. The average molecular weight is 313 g/mol. The molecule has 0 bridgehead atoms. The first kappa shape index (κ1) is 15.8. The lowest BCUT2D eigenvalue weighted by Gasteiger charge is -2.09. The summed E-state index contributed by atoms with van der Waals surface area (Å²) in [4.78, 5) is 12.5. The van der Waals surface area contributed by atoms with Crippen molar-refractivity contribution in [3.63, 3.8) is 0 Å². The Labute approximate surface area is 126 Å². The number of hydrogen-bond donors (Lipinski definition) is 1. The fourth-order valence-corrected chi connectivity index (χ4v) is 3.58. The maximum atomic E-state index is 12.5. The van der Waals surface area contributed by atoms with E-state index >= 15 is 0 Å². The van der Waals surface area contributed by atoms with Gasteiger partial charge in [-0.25, -0.2) is 0 Å². The summed E-state index contributed by atoms with van der Waals surface area (Å²) in [7, 11) is 1.75. The second-order valence-corrected chi connectivity index (χ2v) is 5.83. The van der Waals surface area contributed by atoms with E-state index in [0.29, 0.717) is 11.1 Å². The summed E-state index contributed by atoms with van der Waals surface area (Å²) in [6, 6.07) is 6.27. The SMILES string of the molecule is CCCC1SC(NC)=C(c2cccc(OC(F)F)c2)C1=O. The molecular weight excluding hydrogens is 296 g/mol. The van der Waals surface area contributed by atoms with Crippen LogP contribution in [-0.2, 0) is 4.79 Å². The summed E-state index contributed by atoms with van der Waals surface area (Å²) < 4.78 is 29.0. The largest absolute Gasteiger partial charge is 0.435 e. The number of hydrogen-bond acceptors (Lipinski definition) is 4. The first-order chi connectivity index (χ1) is 10.1. The minimum atomic E-state index is -2.88. The molecule has 0 radical (unpaired) electrons. The second kappa shape index (κ2) is 6.93. The monoisotopic (exact) mass is 313 g/mol. The van der Waals surface area contributed by atoms with Gasteiger partial charge in [0.2, 0.25) is 0 Å². The zero-order valence-electron chi connectivity index (χ0n) is 11.9. The van der Waals surface area contributed by atoms with Crippen molar-refractivity contribution in [3.05, 3.63) is 34.9 Å². The minimum Gasteiger partial charge on any atom is -0.435 e.